The second kappa shape index (κ2) is 13.4. The third-order valence-electron chi connectivity index (χ3n) is 17.5. The molecule has 11 heteroatoms. The maximum absolute atomic E-state index is 13.6. The molecule has 0 aromatic carbocycles. The van der Waals surface area contributed by atoms with Gasteiger partial charge in [-0.05, 0) is 103 Å². The first-order chi connectivity index (χ1) is 26.0. The maximum atomic E-state index is 13.6. The van der Waals surface area contributed by atoms with Crippen LogP contribution in [0.4, 0.5) is 0 Å². The summed E-state index contributed by atoms with van der Waals surface area (Å²) in [6.07, 6.45) is 10.8. The molecule has 4 aliphatic carbocycles. The van der Waals surface area contributed by atoms with Crippen LogP contribution in [0.3, 0.4) is 0 Å². The van der Waals surface area contributed by atoms with Crippen LogP contribution in [0.1, 0.15) is 131 Å². The predicted octanol–water partition coefficient (Wildman–Crippen LogP) is 7.72. The first kappa shape index (κ1) is 41.0. The number of ether oxygens (including phenoxy) is 2. The molecule has 11 nitrogen and oxygen atoms in total. The van der Waals surface area contributed by atoms with E-state index in [-0.39, 0.29) is 62.7 Å². The lowest BCUT2D eigenvalue weighted by Crippen LogP contribution is -2.69. The lowest BCUT2D eigenvalue weighted by molar-refractivity contribution is -0.253. The highest BCUT2D eigenvalue weighted by Gasteiger charge is 2.72. The number of pyridine rings is 1. The summed E-state index contributed by atoms with van der Waals surface area (Å²) in [7, 11) is 0. The number of carbonyl (C=O) groups is 2. The van der Waals surface area contributed by atoms with Crippen LogP contribution in [0.2, 0.25) is 0 Å². The minimum Gasteiger partial charge on any atom is -0.481 e. The number of rotatable bonds is 9. The van der Waals surface area contributed by atoms with E-state index < -0.39 is 28.7 Å². The fourth-order valence-electron chi connectivity index (χ4n) is 13.0. The normalized spacial score (nSPS) is 39.7. The number of primary amides is 1. The van der Waals surface area contributed by atoms with Gasteiger partial charge in [0.2, 0.25) is 0 Å². The molecular formula is C45H68N6O5. The molecule has 5 aliphatic rings. The quantitative estimate of drug-likeness (QED) is 0.216. The molecule has 56 heavy (non-hydrogen) atoms. The molecule has 0 spiro atoms. The van der Waals surface area contributed by atoms with Crippen LogP contribution in [0.5, 0.6) is 0 Å². The van der Waals surface area contributed by atoms with Crippen molar-refractivity contribution in [2.24, 2.45) is 73.5 Å². The molecule has 1 amide bonds. The predicted molar refractivity (Wildman–Crippen MR) is 216 cm³/mol. The Bertz CT molecular complexity index is 1880. The Kier molecular flexibility index (Phi) is 9.85. The van der Waals surface area contributed by atoms with Crippen LogP contribution in [0, 0.1) is 62.1 Å². The van der Waals surface area contributed by atoms with Crippen molar-refractivity contribution in [1.29, 1.82) is 0 Å². The molecule has 308 valence electrons. The fraction of sp³-hybridized carbons (Fsp3) is 0.756. The first-order valence-electron chi connectivity index (χ1n) is 21.1. The Hall–Kier alpha value is -3.15. The average molecular weight is 773 g/mol. The molecule has 3 heterocycles. The van der Waals surface area contributed by atoms with Crippen LogP contribution in [-0.2, 0) is 14.3 Å². The third kappa shape index (κ3) is 5.78. The molecule has 1 aliphatic heterocycles. The summed E-state index contributed by atoms with van der Waals surface area (Å²) in [6, 6.07) is 3.23. The SMILES string of the molecule is CC(C)[C@@H](C)[C@@]1(C)CC[C@]2(C)[C@H]3CC[C@@H]4[C@@]5(COC[C@@]4(C)[C@@H](OC[C@](C)(N)C(C)(C)C)[C@H](n4ncnc4-c4ccc(C(N)=O)nc4)C5)C3=CC[C@@]2(C)[C@@H]1C(=O)O. The number of aliphatic carboxylic acids is 1. The van der Waals surface area contributed by atoms with Crippen LogP contribution < -0.4 is 11.5 Å². The van der Waals surface area contributed by atoms with Gasteiger partial charge in [0.25, 0.3) is 5.91 Å². The number of aromatic nitrogens is 4. The Morgan fingerprint density at radius 2 is 1.75 bits per heavy atom. The number of amides is 1. The highest BCUT2D eigenvalue weighted by atomic mass is 16.5. The minimum absolute atomic E-state index is 0.189. The number of carboxylic acid groups (broad SMARTS) is 1. The molecule has 3 saturated carbocycles. The van der Waals surface area contributed by atoms with Crippen molar-refractivity contribution >= 4 is 11.9 Å². The number of carbonyl (C=O) groups excluding carboxylic acids is 1. The number of allylic oxidation sites excluding steroid dienone is 1. The van der Waals surface area contributed by atoms with Crippen molar-refractivity contribution in [1.82, 2.24) is 19.7 Å². The van der Waals surface area contributed by atoms with Crippen molar-refractivity contribution in [3.8, 4) is 11.4 Å². The molecular weight excluding hydrogens is 705 g/mol. The number of nitrogens with two attached hydrogens (primary N) is 2. The van der Waals surface area contributed by atoms with Crippen LogP contribution in [0.15, 0.2) is 36.3 Å². The molecule has 2 aromatic heterocycles. The number of hydrogen-bond acceptors (Lipinski definition) is 8. The lowest BCUT2D eigenvalue weighted by Gasteiger charge is -2.71. The zero-order chi connectivity index (χ0) is 41.0. The Morgan fingerprint density at radius 3 is 2.36 bits per heavy atom. The lowest BCUT2D eigenvalue weighted by atomic mass is 9.34. The van der Waals surface area contributed by atoms with Gasteiger partial charge in [0.15, 0.2) is 5.82 Å². The number of fused-ring (bicyclic) bond motifs is 3. The molecule has 0 unspecified atom stereocenters. The second-order valence-corrected chi connectivity index (χ2v) is 21.3. The molecule has 4 fully saturated rings. The van der Waals surface area contributed by atoms with E-state index in [0.29, 0.717) is 31.6 Å². The molecule has 0 radical (unpaired) electrons. The summed E-state index contributed by atoms with van der Waals surface area (Å²) in [5.41, 5.74) is 12.5. The molecule has 5 N–H and O–H groups in total. The summed E-state index contributed by atoms with van der Waals surface area (Å²) in [5, 5.41) is 16.1. The second-order valence-electron chi connectivity index (χ2n) is 21.3. The standard InChI is InChI=1S/C45H68N6O5/c1-26(2)27(3)40(7)18-19-42(9)29-13-15-33-41(8)22-55-24-45(33,30(29)16-17-43(42,10)34(40)38(53)54)20-32(35(41)56-23-44(11,47)39(4,5)6)51-37(49-25-50-51)28-12-14-31(36(46)52)48-21-28/h12,14,16,21,25-27,29,32-35H,13,15,17-20,22-24,47H2,1-11H3,(H2,46,52)(H,53,54)/t27-,29+,32-,33+,34-,35+,40-,41-,42-,43+,44+,45+/m1/s1. The molecule has 2 bridgehead atoms. The number of carboxylic acids is 1. The van der Waals surface area contributed by atoms with Crippen molar-refractivity contribution in [2.45, 2.75) is 132 Å². The zero-order valence-electron chi connectivity index (χ0n) is 35.8. The van der Waals surface area contributed by atoms with E-state index >= 15 is 0 Å². The van der Waals surface area contributed by atoms with E-state index in [1.165, 1.54) is 5.57 Å². The summed E-state index contributed by atoms with van der Waals surface area (Å²) in [4.78, 5) is 34.6. The van der Waals surface area contributed by atoms with Gasteiger partial charge >= 0.3 is 5.97 Å². The summed E-state index contributed by atoms with van der Waals surface area (Å²) >= 11 is 0. The van der Waals surface area contributed by atoms with Crippen molar-refractivity contribution in [3.05, 3.63) is 42.0 Å². The Labute approximate surface area is 334 Å². The number of hydrogen-bond donors (Lipinski definition) is 3. The van der Waals surface area contributed by atoms with E-state index in [0.717, 1.165) is 44.1 Å². The monoisotopic (exact) mass is 773 g/mol. The maximum Gasteiger partial charge on any atom is 0.307 e. The highest BCUT2D eigenvalue weighted by Crippen LogP contribution is 2.75. The van der Waals surface area contributed by atoms with E-state index in [2.05, 4.69) is 87.2 Å². The smallest absolute Gasteiger partial charge is 0.307 e. The van der Waals surface area contributed by atoms with Gasteiger partial charge in [-0.3, -0.25) is 14.6 Å². The summed E-state index contributed by atoms with van der Waals surface area (Å²) in [6.45, 7) is 26.1. The van der Waals surface area contributed by atoms with E-state index in [4.69, 9.17) is 31.0 Å². The van der Waals surface area contributed by atoms with E-state index in [1.54, 1.807) is 18.6 Å². The molecule has 1 saturated heterocycles. The van der Waals surface area contributed by atoms with Gasteiger partial charge in [-0.15, -0.1) is 0 Å². The first-order valence-corrected chi connectivity index (χ1v) is 21.1. The Morgan fingerprint density at radius 1 is 1.04 bits per heavy atom. The number of nitrogens with zero attached hydrogens (tertiary/aromatic N) is 4. The van der Waals surface area contributed by atoms with Gasteiger partial charge in [0.1, 0.15) is 12.0 Å². The van der Waals surface area contributed by atoms with E-state index in [1.807, 2.05) is 10.7 Å². The van der Waals surface area contributed by atoms with Gasteiger partial charge < -0.3 is 26.0 Å². The topological polar surface area (TPSA) is 168 Å². The van der Waals surface area contributed by atoms with Crippen molar-refractivity contribution in [3.63, 3.8) is 0 Å². The molecule has 7 rings (SSSR count). The highest BCUT2D eigenvalue weighted by molar-refractivity contribution is 5.90. The minimum atomic E-state index is -0.650. The van der Waals surface area contributed by atoms with Crippen molar-refractivity contribution < 1.29 is 24.2 Å². The fourth-order valence-corrected chi connectivity index (χ4v) is 13.0. The van der Waals surface area contributed by atoms with Gasteiger partial charge in [0, 0.05) is 28.1 Å². The molecule has 12 atom stereocenters. The van der Waals surface area contributed by atoms with Gasteiger partial charge in [-0.2, -0.15) is 5.10 Å². The largest absolute Gasteiger partial charge is 0.481 e. The third-order valence-corrected chi connectivity index (χ3v) is 17.5. The van der Waals surface area contributed by atoms with Gasteiger partial charge in [-0.1, -0.05) is 80.9 Å². The van der Waals surface area contributed by atoms with Gasteiger partial charge in [0.05, 0.1) is 37.9 Å². The summed E-state index contributed by atoms with van der Waals surface area (Å²) < 4.78 is 16.0. The zero-order valence-corrected chi connectivity index (χ0v) is 35.8. The van der Waals surface area contributed by atoms with Gasteiger partial charge in [-0.25, -0.2) is 9.67 Å². The van der Waals surface area contributed by atoms with E-state index in [9.17, 15) is 14.7 Å². The van der Waals surface area contributed by atoms with Crippen LogP contribution in [-0.4, -0.2) is 68.2 Å². The van der Waals surface area contributed by atoms with Crippen LogP contribution in [0.25, 0.3) is 11.4 Å². The molecule has 2 aromatic rings. The average Bonchev–Trinajstić information content (AvgIpc) is 3.60. The summed E-state index contributed by atoms with van der Waals surface area (Å²) in [5.74, 6) is 0.148. The van der Waals surface area contributed by atoms with Crippen LogP contribution >= 0.6 is 0 Å². The van der Waals surface area contributed by atoms with Crippen molar-refractivity contribution in [2.75, 3.05) is 19.8 Å². The Balaban J connectivity index is 1.35.